The lowest BCUT2D eigenvalue weighted by atomic mass is 10.1. The lowest BCUT2D eigenvalue weighted by molar-refractivity contribution is 0.0996. The van der Waals surface area contributed by atoms with Crippen LogP contribution in [0.2, 0.25) is 0 Å². The van der Waals surface area contributed by atoms with Crippen molar-refractivity contribution in [1.29, 1.82) is 0 Å². The monoisotopic (exact) mass is 318 g/mol. The number of carbonyl (C=O) groups excluding carboxylic acids is 1. The van der Waals surface area contributed by atoms with Crippen LogP contribution in [0.1, 0.15) is 21.5 Å². The number of amides is 1. The summed E-state index contributed by atoms with van der Waals surface area (Å²) in [6.07, 6.45) is 2.49. The molecule has 4 nitrogen and oxygen atoms in total. The Balaban J connectivity index is 2.16. The fourth-order valence-electron chi connectivity index (χ4n) is 2.57. The second-order valence-corrected chi connectivity index (χ2v) is 5.46. The number of benzene rings is 2. The van der Waals surface area contributed by atoms with E-state index < -0.39 is 5.91 Å². The van der Waals surface area contributed by atoms with E-state index in [1.807, 2.05) is 54.6 Å². The molecule has 0 unspecified atom stereocenters. The van der Waals surface area contributed by atoms with Crippen molar-refractivity contribution in [3.05, 3.63) is 89.5 Å². The molecule has 1 aromatic heterocycles. The molecule has 0 fully saturated rings. The van der Waals surface area contributed by atoms with Gasteiger partial charge in [-0.05, 0) is 23.6 Å². The maximum Gasteiger partial charge on any atom is 0.254 e. The van der Waals surface area contributed by atoms with Crippen molar-refractivity contribution in [2.45, 2.75) is 13.0 Å². The summed E-state index contributed by atoms with van der Waals surface area (Å²) in [4.78, 5) is 16.2. The third-order valence-corrected chi connectivity index (χ3v) is 3.73. The van der Waals surface area contributed by atoms with Gasteiger partial charge in [-0.2, -0.15) is 0 Å². The van der Waals surface area contributed by atoms with Gasteiger partial charge in [-0.3, -0.25) is 4.79 Å². The zero-order valence-corrected chi connectivity index (χ0v) is 13.2. The van der Waals surface area contributed by atoms with Crippen LogP contribution in [0.15, 0.2) is 76.7 Å². The normalized spacial score (nSPS) is 11.6. The van der Waals surface area contributed by atoms with E-state index in [0.717, 1.165) is 16.5 Å². The quantitative estimate of drug-likeness (QED) is 0.733. The van der Waals surface area contributed by atoms with Gasteiger partial charge in [0.15, 0.2) is 0 Å². The minimum absolute atomic E-state index is 0.260. The molecule has 0 aliphatic rings. The molecular weight excluding hydrogens is 300 g/mol. The fraction of sp³-hybridized carbons (Fsp3) is 0.100. The highest BCUT2D eigenvalue weighted by atomic mass is 16.3. The maximum absolute atomic E-state index is 11.8. The van der Waals surface area contributed by atoms with Gasteiger partial charge in [0, 0.05) is 5.39 Å². The van der Waals surface area contributed by atoms with Gasteiger partial charge in [-0.15, -0.1) is 6.58 Å². The molecule has 0 saturated heterocycles. The van der Waals surface area contributed by atoms with Crippen LogP contribution in [0.25, 0.3) is 11.0 Å². The zero-order valence-electron chi connectivity index (χ0n) is 13.2. The number of hydrogen-bond donors (Lipinski definition) is 1. The number of allylic oxidation sites excluding steroid dienone is 1. The summed E-state index contributed by atoms with van der Waals surface area (Å²) < 4.78 is 5.94. The van der Waals surface area contributed by atoms with E-state index in [1.54, 1.807) is 6.07 Å². The summed E-state index contributed by atoms with van der Waals surface area (Å²) in [5.41, 5.74) is 8.77. The average Bonchev–Trinajstić information content (AvgIpc) is 2.60. The molecule has 2 N–H and O–H groups in total. The van der Waals surface area contributed by atoms with Gasteiger partial charge in [-0.1, -0.05) is 54.6 Å². The Morgan fingerprint density at radius 1 is 1.17 bits per heavy atom. The summed E-state index contributed by atoms with van der Waals surface area (Å²) >= 11 is 0. The van der Waals surface area contributed by atoms with Crippen LogP contribution >= 0.6 is 0 Å². The van der Waals surface area contributed by atoms with Gasteiger partial charge >= 0.3 is 0 Å². The molecule has 4 heteroatoms. The van der Waals surface area contributed by atoms with E-state index in [4.69, 9.17) is 10.2 Å². The van der Waals surface area contributed by atoms with Crippen LogP contribution in [0.5, 0.6) is 0 Å². The van der Waals surface area contributed by atoms with Crippen LogP contribution < -0.4 is 11.3 Å². The molecule has 24 heavy (non-hydrogen) atoms. The van der Waals surface area contributed by atoms with Crippen LogP contribution in [0.4, 0.5) is 0 Å². The topological polar surface area (TPSA) is 68.6 Å². The lowest BCUT2D eigenvalue weighted by Crippen LogP contribution is -2.22. The molecular formula is C20H18N2O2. The maximum atomic E-state index is 11.8. The standard InChI is InChI=1S/C20H18N2O2/c1-2-7-15-10-6-11-16-12-17(19(21)23)20(24-18(15)16)22-13-14-8-4-3-5-9-14/h2-6,8-12H,1,7,13H2,(H2,21,23). The number of nitrogens with two attached hydrogens (primary N) is 1. The predicted molar refractivity (Wildman–Crippen MR) is 94.3 cm³/mol. The van der Waals surface area contributed by atoms with Gasteiger partial charge in [0.25, 0.3) is 5.91 Å². The smallest absolute Gasteiger partial charge is 0.254 e. The second-order valence-electron chi connectivity index (χ2n) is 5.46. The summed E-state index contributed by atoms with van der Waals surface area (Å²) in [5.74, 6) is -0.554. The first-order valence-corrected chi connectivity index (χ1v) is 7.70. The van der Waals surface area contributed by atoms with Crippen molar-refractivity contribution in [2.24, 2.45) is 10.7 Å². The fourth-order valence-corrected chi connectivity index (χ4v) is 2.57. The molecule has 3 aromatic rings. The van der Waals surface area contributed by atoms with Crippen LogP contribution in [-0.4, -0.2) is 5.91 Å². The molecule has 0 atom stereocenters. The largest absolute Gasteiger partial charge is 0.438 e. The van der Waals surface area contributed by atoms with Crippen LogP contribution in [0.3, 0.4) is 0 Å². The van der Waals surface area contributed by atoms with Crippen LogP contribution in [0, 0.1) is 0 Å². The molecule has 1 amide bonds. The van der Waals surface area contributed by atoms with Gasteiger partial charge in [0.1, 0.15) is 11.1 Å². The van der Waals surface area contributed by atoms with Crippen molar-refractivity contribution in [3.8, 4) is 0 Å². The van der Waals surface area contributed by atoms with E-state index in [-0.39, 0.29) is 11.1 Å². The summed E-state index contributed by atoms with van der Waals surface area (Å²) in [7, 11) is 0. The van der Waals surface area contributed by atoms with Crippen molar-refractivity contribution in [3.63, 3.8) is 0 Å². The Hall–Kier alpha value is -3.14. The highest BCUT2D eigenvalue weighted by molar-refractivity contribution is 5.95. The number of primary amides is 1. The van der Waals surface area contributed by atoms with Crippen LogP contribution in [-0.2, 0) is 13.0 Å². The van der Waals surface area contributed by atoms with Gasteiger partial charge in [0.2, 0.25) is 5.55 Å². The molecule has 0 radical (unpaired) electrons. The Morgan fingerprint density at radius 3 is 2.67 bits per heavy atom. The Morgan fingerprint density at radius 2 is 1.96 bits per heavy atom. The first-order chi connectivity index (χ1) is 11.7. The summed E-state index contributed by atoms with van der Waals surface area (Å²) in [6, 6.07) is 17.3. The molecule has 120 valence electrons. The highest BCUT2D eigenvalue weighted by Crippen LogP contribution is 2.19. The number of carbonyl (C=O) groups is 1. The van der Waals surface area contributed by atoms with Gasteiger partial charge < -0.3 is 10.2 Å². The van der Waals surface area contributed by atoms with Crippen molar-refractivity contribution < 1.29 is 9.21 Å². The average molecular weight is 318 g/mol. The van der Waals surface area contributed by atoms with Gasteiger partial charge in [-0.25, -0.2) is 4.99 Å². The second kappa shape index (κ2) is 6.96. The number of para-hydroxylation sites is 1. The van der Waals surface area contributed by atoms with Gasteiger partial charge in [0.05, 0.1) is 6.54 Å². The molecule has 0 aliphatic carbocycles. The molecule has 3 rings (SSSR count). The molecule has 2 aromatic carbocycles. The highest BCUT2D eigenvalue weighted by Gasteiger charge is 2.11. The van der Waals surface area contributed by atoms with E-state index in [9.17, 15) is 4.79 Å². The number of nitrogens with zero attached hydrogens (tertiary/aromatic N) is 1. The molecule has 0 spiro atoms. The lowest BCUT2D eigenvalue weighted by Gasteiger charge is -2.06. The Labute approximate surface area is 140 Å². The van der Waals surface area contributed by atoms with E-state index in [2.05, 4.69) is 11.6 Å². The van der Waals surface area contributed by atoms with E-state index in [1.165, 1.54) is 0 Å². The first kappa shape index (κ1) is 15.7. The Bertz CT molecular complexity index is 956. The van der Waals surface area contributed by atoms with E-state index >= 15 is 0 Å². The minimum Gasteiger partial charge on any atom is -0.438 e. The predicted octanol–water partition coefficient (Wildman–Crippen LogP) is 3.36. The Kier molecular flexibility index (Phi) is 4.57. The molecule has 0 aliphatic heterocycles. The SMILES string of the molecule is C=CCc1cccc2cc(C(N)=O)c(=NCc3ccccc3)oc12. The molecule has 0 saturated carbocycles. The molecule has 0 bridgehead atoms. The van der Waals surface area contributed by atoms with Crippen molar-refractivity contribution in [2.75, 3.05) is 0 Å². The van der Waals surface area contributed by atoms with Crippen molar-refractivity contribution >= 4 is 16.9 Å². The third-order valence-electron chi connectivity index (χ3n) is 3.73. The van der Waals surface area contributed by atoms with Crippen molar-refractivity contribution in [1.82, 2.24) is 0 Å². The summed E-state index contributed by atoms with van der Waals surface area (Å²) in [5, 5.41) is 0.821. The van der Waals surface area contributed by atoms with E-state index in [0.29, 0.717) is 18.5 Å². The summed E-state index contributed by atoms with van der Waals surface area (Å²) in [6.45, 7) is 4.18. The number of hydrogen-bond acceptors (Lipinski definition) is 3. The number of fused-ring (bicyclic) bond motifs is 1. The third kappa shape index (κ3) is 3.27. The first-order valence-electron chi connectivity index (χ1n) is 7.70. The zero-order chi connectivity index (χ0) is 16.9. The molecule has 1 heterocycles. The number of rotatable bonds is 5. The minimum atomic E-state index is -0.554.